The smallest absolute Gasteiger partial charge is 0.332 e. The first-order chi connectivity index (χ1) is 8.91. The third kappa shape index (κ3) is 4.40. The minimum absolute atomic E-state index is 0.416. The molecule has 102 valence electrons. The Morgan fingerprint density at radius 3 is 1.95 bits per heavy atom. The van der Waals surface area contributed by atoms with Crippen molar-refractivity contribution in [2.75, 3.05) is 0 Å². The van der Waals surface area contributed by atoms with E-state index in [4.69, 9.17) is 15.3 Å². The summed E-state index contributed by atoms with van der Waals surface area (Å²) in [6.45, 7) is 0. The van der Waals surface area contributed by atoms with Gasteiger partial charge in [-0.05, 0) is 5.56 Å². The fourth-order valence-corrected chi connectivity index (χ4v) is 1.58. The van der Waals surface area contributed by atoms with Crippen molar-refractivity contribution in [2.45, 2.75) is 18.5 Å². The number of hydrogen-bond donors (Lipinski definition) is 4. The summed E-state index contributed by atoms with van der Waals surface area (Å²) in [5, 5.41) is 28.7. The summed E-state index contributed by atoms with van der Waals surface area (Å²) >= 11 is 0. The summed E-state index contributed by atoms with van der Waals surface area (Å²) in [5.74, 6) is -4.30. The van der Waals surface area contributed by atoms with Gasteiger partial charge in [0.1, 0.15) is 0 Å². The van der Waals surface area contributed by atoms with Crippen molar-refractivity contribution in [3.05, 3.63) is 35.9 Å². The second-order valence-electron chi connectivity index (χ2n) is 3.84. The van der Waals surface area contributed by atoms with Gasteiger partial charge < -0.3 is 15.3 Å². The van der Waals surface area contributed by atoms with Gasteiger partial charge >= 0.3 is 17.9 Å². The molecule has 0 bridgehead atoms. The first-order valence-electron chi connectivity index (χ1n) is 5.40. The van der Waals surface area contributed by atoms with Crippen molar-refractivity contribution in [3.63, 3.8) is 0 Å². The number of nitrogens with one attached hydrogen (secondary N) is 1. The van der Waals surface area contributed by atoms with Gasteiger partial charge in [-0.1, -0.05) is 30.3 Å². The molecule has 7 heteroatoms. The molecule has 0 heterocycles. The first kappa shape index (κ1) is 14.7. The summed E-state index contributed by atoms with van der Waals surface area (Å²) in [7, 11) is 0. The van der Waals surface area contributed by atoms with Crippen molar-refractivity contribution >= 4 is 17.9 Å². The molecule has 19 heavy (non-hydrogen) atoms. The standard InChI is InChI=1S/C12H13NO6/c14-9(15)6-8(7-4-2-1-3-5-7)13-10(11(16)17)12(18)19/h1-5,8,10,13H,6H2,(H,14,15)(H,16,17)(H,18,19). The average Bonchev–Trinajstić information content (AvgIpc) is 2.34. The maximum Gasteiger partial charge on any atom is 0.332 e. The number of benzene rings is 1. The lowest BCUT2D eigenvalue weighted by Crippen LogP contribution is -2.45. The number of carboxylic acid groups (broad SMARTS) is 3. The molecule has 0 amide bonds. The Labute approximate surface area is 108 Å². The van der Waals surface area contributed by atoms with Crippen LogP contribution >= 0.6 is 0 Å². The minimum atomic E-state index is -1.86. The zero-order valence-corrected chi connectivity index (χ0v) is 9.81. The normalized spacial score (nSPS) is 12.1. The van der Waals surface area contributed by atoms with Crippen LogP contribution in [0.1, 0.15) is 18.0 Å². The zero-order chi connectivity index (χ0) is 14.4. The molecule has 1 atom stereocenters. The SMILES string of the molecule is O=C(O)CC(NC(C(=O)O)C(=O)O)c1ccccc1. The van der Waals surface area contributed by atoms with Crippen LogP contribution in [0.25, 0.3) is 0 Å². The van der Waals surface area contributed by atoms with Crippen LogP contribution in [0, 0.1) is 0 Å². The topological polar surface area (TPSA) is 124 Å². The van der Waals surface area contributed by atoms with Gasteiger partial charge in [-0.15, -0.1) is 0 Å². The minimum Gasteiger partial charge on any atom is -0.481 e. The van der Waals surface area contributed by atoms with Gasteiger partial charge in [0.2, 0.25) is 6.04 Å². The third-order valence-electron chi connectivity index (χ3n) is 2.44. The van der Waals surface area contributed by atoms with E-state index in [0.29, 0.717) is 5.56 Å². The second-order valence-corrected chi connectivity index (χ2v) is 3.84. The van der Waals surface area contributed by atoms with Gasteiger partial charge in [0.05, 0.1) is 6.42 Å². The van der Waals surface area contributed by atoms with Crippen molar-refractivity contribution in [2.24, 2.45) is 0 Å². The highest BCUT2D eigenvalue weighted by Gasteiger charge is 2.29. The Balaban J connectivity index is 2.95. The maximum atomic E-state index is 10.8. The molecule has 0 aliphatic heterocycles. The summed E-state index contributed by atoms with van der Waals surface area (Å²) in [5.41, 5.74) is 0.511. The molecule has 0 fully saturated rings. The Morgan fingerprint density at radius 2 is 1.53 bits per heavy atom. The molecule has 0 aliphatic rings. The summed E-state index contributed by atoms with van der Waals surface area (Å²) < 4.78 is 0. The van der Waals surface area contributed by atoms with E-state index >= 15 is 0 Å². The van der Waals surface area contributed by atoms with E-state index in [9.17, 15) is 14.4 Å². The van der Waals surface area contributed by atoms with Crippen LogP contribution in [0.3, 0.4) is 0 Å². The molecular weight excluding hydrogens is 254 g/mol. The molecule has 1 aromatic rings. The van der Waals surface area contributed by atoms with Gasteiger partial charge in [0, 0.05) is 6.04 Å². The van der Waals surface area contributed by atoms with Crippen LogP contribution in [0.4, 0.5) is 0 Å². The molecule has 0 radical (unpaired) electrons. The molecular formula is C12H13NO6. The number of aliphatic carboxylic acids is 3. The Hall–Kier alpha value is -2.41. The zero-order valence-electron chi connectivity index (χ0n) is 9.81. The third-order valence-corrected chi connectivity index (χ3v) is 2.44. The molecule has 4 N–H and O–H groups in total. The fourth-order valence-electron chi connectivity index (χ4n) is 1.58. The van der Waals surface area contributed by atoms with Gasteiger partial charge in [0.25, 0.3) is 0 Å². The predicted molar refractivity (Wildman–Crippen MR) is 63.6 cm³/mol. The van der Waals surface area contributed by atoms with E-state index < -0.39 is 36.4 Å². The van der Waals surface area contributed by atoms with Crippen molar-refractivity contribution in [1.82, 2.24) is 5.32 Å². The van der Waals surface area contributed by atoms with Gasteiger partial charge in [0.15, 0.2) is 0 Å². The van der Waals surface area contributed by atoms with Crippen LogP contribution in [0.5, 0.6) is 0 Å². The molecule has 1 rings (SSSR count). The molecule has 0 aromatic heterocycles. The van der Waals surface area contributed by atoms with E-state index in [-0.39, 0.29) is 0 Å². The summed E-state index contributed by atoms with van der Waals surface area (Å²) in [6.07, 6.45) is -0.416. The maximum absolute atomic E-state index is 10.8. The highest BCUT2D eigenvalue weighted by Crippen LogP contribution is 2.17. The van der Waals surface area contributed by atoms with Crippen LogP contribution in [-0.2, 0) is 14.4 Å². The highest BCUT2D eigenvalue weighted by atomic mass is 16.4. The van der Waals surface area contributed by atoms with E-state index in [1.165, 1.54) is 0 Å². The molecule has 1 aromatic carbocycles. The number of carbonyl (C=O) groups is 3. The molecule has 1 unspecified atom stereocenters. The largest absolute Gasteiger partial charge is 0.481 e. The Bertz CT molecular complexity index is 458. The summed E-state index contributed by atoms with van der Waals surface area (Å²) in [6, 6.07) is 5.47. The number of carboxylic acids is 3. The van der Waals surface area contributed by atoms with E-state index in [1.54, 1.807) is 30.3 Å². The van der Waals surface area contributed by atoms with Gasteiger partial charge in [-0.2, -0.15) is 0 Å². The van der Waals surface area contributed by atoms with Crippen LogP contribution in [-0.4, -0.2) is 39.3 Å². The summed E-state index contributed by atoms with van der Waals surface area (Å²) in [4.78, 5) is 32.4. The first-order valence-corrected chi connectivity index (χ1v) is 5.40. The molecule has 7 nitrogen and oxygen atoms in total. The fraction of sp³-hybridized carbons (Fsp3) is 0.250. The average molecular weight is 267 g/mol. The second kappa shape index (κ2) is 6.50. The van der Waals surface area contributed by atoms with Crippen molar-refractivity contribution < 1.29 is 29.7 Å². The lowest BCUT2D eigenvalue weighted by atomic mass is 10.0. The lowest BCUT2D eigenvalue weighted by molar-refractivity contribution is -0.152. The molecule has 0 aliphatic carbocycles. The van der Waals surface area contributed by atoms with Crippen LogP contribution < -0.4 is 5.32 Å². The Kier molecular flexibility index (Phi) is 5.01. The number of rotatable bonds is 7. The molecule has 0 saturated carbocycles. The monoisotopic (exact) mass is 267 g/mol. The number of hydrogen-bond acceptors (Lipinski definition) is 4. The van der Waals surface area contributed by atoms with E-state index in [2.05, 4.69) is 5.32 Å². The van der Waals surface area contributed by atoms with Gasteiger partial charge in [-0.3, -0.25) is 10.1 Å². The van der Waals surface area contributed by atoms with E-state index in [0.717, 1.165) is 0 Å². The highest BCUT2D eigenvalue weighted by molar-refractivity contribution is 5.97. The lowest BCUT2D eigenvalue weighted by Gasteiger charge is -2.20. The van der Waals surface area contributed by atoms with Crippen molar-refractivity contribution in [3.8, 4) is 0 Å². The predicted octanol–water partition coefficient (Wildman–Crippen LogP) is 0.330. The molecule has 0 spiro atoms. The van der Waals surface area contributed by atoms with Crippen LogP contribution in [0.2, 0.25) is 0 Å². The van der Waals surface area contributed by atoms with E-state index in [1.807, 2.05) is 0 Å². The quantitative estimate of drug-likeness (QED) is 0.525. The van der Waals surface area contributed by atoms with Crippen molar-refractivity contribution in [1.29, 1.82) is 0 Å². The Morgan fingerprint density at radius 1 is 1.00 bits per heavy atom. The molecule has 0 saturated heterocycles. The van der Waals surface area contributed by atoms with Gasteiger partial charge in [-0.25, -0.2) is 9.59 Å². The van der Waals surface area contributed by atoms with Crippen LogP contribution in [0.15, 0.2) is 30.3 Å².